The fourth-order valence-corrected chi connectivity index (χ4v) is 2.39. The van der Waals surface area contributed by atoms with E-state index in [4.69, 9.17) is 5.73 Å². The number of halogens is 1. The van der Waals surface area contributed by atoms with E-state index in [-0.39, 0.29) is 30.3 Å². The number of nitrogens with two attached hydrogens (primary N) is 1. The van der Waals surface area contributed by atoms with Gasteiger partial charge in [0.15, 0.2) is 0 Å². The summed E-state index contributed by atoms with van der Waals surface area (Å²) in [6.45, 7) is 0.546. The molecule has 4 nitrogen and oxygen atoms in total. The van der Waals surface area contributed by atoms with Crippen molar-refractivity contribution in [3.63, 3.8) is 0 Å². The number of amides is 1. The lowest BCUT2D eigenvalue weighted by molar-refractivity contribution is 0.0663. The van der Waals surface area contributed by atoms with Crippen molar-refractivity contribution in [1.82, 2.24) is 5.32 Å². The molecule has 0 radical (unpaired) electrons. The van der Waals surface area contributed by atoms with Gasteiger partial charge in [0.25, 0.3) is 5.91 Å². The maximum atomic E-state index is 11.9. The molecule has 19 heavy (non-hydrogen) atoms. The van der Waals surface area contributed by atoms with Gasteiger partial charge < -0.3 is 16.2 Å². The zero-order valence-corrected chi connectivity index (χ0v) is 11.7. The summed E-state index contributed by atoms with van der Waals surface area (Å²) in [6, 6.07) is 6.85. The molecule has 0 aliphatic heterocycles. The van der Waals surface area contributed by atoms with Gasteiger partial charge in [-0.3, -0.25) is 4.79 Å². The molecular weight excluding hydrogens is 264 g/mol. The van der Waals surface area contributed by atoms with Crippen LogP contribution in [0.15, 0.2) is 24.3 Å². The highest BCUT2D eigenvalue weighted by molar-refractivity contribution is 5.94. The van der Waals surface area contributed by atoms with Gasteiger partial charge in [0.2, 0.25) is 0 Å². The number of nitrogens with one attached hydrogen (secondary N) is 1. The molecule has 1 aliphatic rings. The Kier molecular flexibility index (Phi) is 6.12. The summed E-state index contributed by atoms with van der Waals surface area (Å²) in [4.78, 5) is 11.9. The fourth-order valence-electron chi connectivity index (χ4n) is 2.39. The van der Waals surface area contributed by atoms with Crippen LogP contribution in [0.3, 0.4) is 0 Å². The summed E-state index contributed by atoms with van der Waals surface area (Å²) in [5.74, 6) is 0.0873. The Morgan fingerprint density at radius 3 is 2.53 bits per heavy atom. The molecular formula is C14H21ClN2O2. The van der Waals surface area contributed by atoms with E-state index in [1.165, 1.54) is 0 Å². The lowest BCUT2D eigenvalue weighted by Gasteiger charge is -2.27. The van der Waals surface area contributed by atoms with Crippen molar-refractivity contribution in [3.8, 4) is 0 Å². The molecule has 0 aromatic heterocycles. The molecule has 1 aromatic carbocycles. The molecule has 5 heteroatoms. The van der Waals surface area contributed by atoms with Crippen LogP contribution in [0.4, 0.5) is 5.69 Å². The molecule has 0 saturated heterocycles. The summed E-state index contributed by atoms with van der Waals surface area (Å²) in [5, 5.41) is 12.7. The highest BCUT2D eigenvalue weighted by Gasteiger charge is 2.23. The zero-order chi connectivity index (χ0) is 13.0. The molecule has 1 amide bonds. The molecule has 1 saturated carbocycles. The molecule has 1 aromatic rings. The third-order valence-corrected chi connectivity index (χ3v) is 3.57. The number of carbonyl (C=O) groups is 1. The fraction of sp³-hybridized carbons (Fsp3) is 0.500. The van der Waals surface area contributed by atoms with E-state index in [9.17, 15) is 9.90 Å². The van der Waals surface area contributed by atoms with E-state index in [0.29, 0.717) is 17.8 Å². The molecule has 0 heterocycles. The molecule has 2 unspecified atom stereocenters. The molecule has 1 aliphatic carbocycles. The summed E-state index contributed by atoms with van der Waals surface area (Å²) in [7, 11) is 0. The van der Waals surface area contributed by atoms with E-state index < -0.39 is 0 Å². The van der Waals surface area contributed by atoms with Crippen LogP contribution < -0.4 is 11.1 Å². The van der Waals surface area contributed by atoms with E-state index in [0.717, 1.165) is 25.7 Å². The largest absolute Gasteiger partial charge is 0.399 e. The van der Waals surface area contributed by atoms with Gasteiger partial charge in [0, 0.05) is 23.7 Å². The van der Waals surface area contributed by atoms with Gasteiger partial charge in [-0.25, -0.2) is 0 Å². The Hall–Kier alpha value is -1.26. The maximum Gasteiger partial charge on any atom is 0.251 e. The number of hydrogen-bond acceptors (Lipinski definition) is 3. The maximum absolute atomic E-state index is 11.9. The third kappa shape index (κ3) is 4.40. The van der Waals surface area contributed by atoms with E-state index in [1.807, 2.05) is 0 Å². The Morgan fingerprint density at radius 1 is 1.26 bits per heavy atom. The number of benzene rings is 1. The Bertz CT molecular complexity index is 408. The second-order valence-electron chi connectivity index (χ2n) is 4.94. The SMILES string of the molecule is Cl.Nc1ccc(C(=O)NCC2CCCCC2O)cc1. The molecule has 0 bridgehead atoms. The second kappa shape index (κ2) is 7.36. The quantitative estimate of drug-likeness (QED) is 0.743. The van der Waals surface area contributed by atoms with Gasteiger partial charge in [0.1, 0.15) is 0 Å². The molecule has 2 atom stereocenters. The number of aliphatic hydroxyl groups excluding tert-OH is 1. The van der Waals surface area contributed by atoms with E-state index in [2.05, 4.69) is 5.32 Å². The first kappa shape index (κ1) is 15.8. The lowest BCUT2D eigenvalue weighted by Crippen LogP contribution is -2.36. The van der Waals surface area contributed by atoms with Gasteiger partial charge >= 0.3 is 0 Å². The van der Waals surface area contributed by atoms with Gasteiger partial charge in [-0.15, -0.1) is 12.4 Å². The lowest BCUT2D eigenvalue weighted by atomic mass is 9.86. The van der Waals surface area contributed by atoms with Crippen LogP contribution in [-0.2, 0) is 0 Å². The highest BCUT2D eigenvalue weighted by Crippen LogP contribution is 2.23. The average molecular weight is 285 g/mol. The Labute approximate surface area is 119 Å². The Balaban J connectivity index is 0.00000180. The van der Waals surface area contributed by atoms with Crippen molar-refractivity contribution in [1.29, 1.82) is 0 Å². The average Bonchev–Trinajstić information content (AvgIpc) is 2.38. The van der Waals surface area contributed by atoms with Crippen molar-refractivity contribution in [2.75, 3.05) is 12.3 Å². The summed E-state index contributed by atoms with van der Waals surface area (Å²) in [5.41, 5.74) is 6.82. The summed E-state index contributed by atoms with van der Waals surface area (Å²) >= 11 is 0. The second-order valence-corrected chi connectivity index (χ2v) is 4.94. The number of nitrogen functional groups attached to an aromatic ring is 1. The van der Waals surface area contributed by atoms with Crippen LogP contribution in [0.1, 0.15) is 36.0 Å². The number of anilines is 1. The number of rotatable bonds is 3. The molecule has 0 spiro atoms. The normalized spacial score (nSPS) is 22.4. The number of hydrogen-bond donors (Lipinski definition) is 3. The highest BCUT2D eigenvalue weighted by atomic mass is 35.5. The van der Waals surface area contributed by atoms with Crippen LogP contribution in [0.5, 0.6) is 0 Å². The van der Waals surface area contributed by atoms with Crippen LogP contribution in [0, 0.1) is 5.92 Å². The topological polar surface area (TPSA) is 75.4 Å². The molecule has 4 N–H and O–H groups in total. The predicted octanol–water partition coefficient (Wildman–Crippen LogP) is 1.97. The minimum atomic E-state index is -0.273. The first-order chi connectivity index (χ1) is 8.66. The minimum Gasteiger partial charge on any atom is -0.399 e. The predicted molar refractivity (Wildman–Crippen MR) is 78.4 cm³/mol. The van der Waals surface area contributed by atoms with E-state index >= 15 is 0 Å². The first-order valence-electron chi connectivity index (χ1n) is 6.48. The number of aliphatic hydroxyl groups is 1. The minimum absolute atomic E-state index is 0. The molecule has 2 rings (SSSR count). The smallest absolute Gasteiger partial charge is 0.251 e. The summed E-state index contributed by atoms with van der Waals surface area (Å²) in [6.07, 6.45) is 3.79. The van der Waals surface area contributed by atoms with Crippen LogP contribution >= 0.6 is 12.4 Å². The molecule has 1 fully saturated rings. The van der Waals surface area contributed by atoms with E-state index in [1.54, 1.807) is 24.3 Å². The summed E-state index contributed by atoms with van der Waals surface area (Å²) < 4.78 is 0. The van der Waals surface area contributed by atoms with Gasteiger partial charge in [0.05, 0.1) is 6.10 Å². The molecule has 106 valence electrons. The van der Waals surface area contributed by atoms with Crippen molar-refractivity contribution < 1.29 is 9.90 Å². The van der Waals surface area contributed by atoms with Crippen molar-refractivity contribution >= 4 is 24.0 Å². The van der Waals surface area contributed by atoms with Crippen LogP contribution in [0.25, 0.3) is 0 Å². The standard InChI is InChI=1S/C14H20N2O2.ClH/c15-12-7-5-10(6-8-12)14(18)16-9-11-3-1-2-4-13(11)17;/h5-8,11,13,17H,1-4,9,15H2,(H,16,18);1H. The zero-order valence-electron chi connectivity index (χ0n) is 10.8. The number of carbonyl (C=O) groups excluding carboxylic acids is 1. The third-order valence-electron chi connectivity index (χ3n) is 3.57. The first-order valence-corrected chi connectivity index (χ1v) is 6.48. The Morgan fingerprint density at radius 2 is 1.89 bits per heavy atom. The van der Waals surface area contributed by atoms with Crippen LogP contribution in [-0.4, -0.2) is 23.7 Å². The monoisotopic (exact) mass is 284 g/mol. The van der Waals surface area contributed by atoms with Gasteiger partial charge in [-0.05, 0) is 37.1 Å². The van der Waals surface area contributed by atoms with Crippen molar-refractivity contribution in [2.45, 2.75) is 31.8 Å². The van der Waals surface area contributed by atoms with Gasteiger partial charge in [-0.2, -0.15) is 0 Å². The van der Waals surface area contributed by atoms with Gasteiger partial charge in [-0.1, -0.05) is 12.8 Å². The van der Waals surface area contributed by atoms with Crippen molar-refractivity contribution in [2.24, 2.45) is 5.92 Å². The van der Waals surface area contributed by atoms with Crippen molar-refractivity contribution in [3.05, 3.63) is 29.8 Å². The van der Waals surface area contributed by atoms with Crippen LogP contribution in [0.2, 0.25) is 0 Å².